The first kappa shape index (κ1) is 28.6. The molecule has 0 amide bonds. The SMILES string of the molecule is c1ccc(-c2ccc(-c3nc(-c4cccc(-c5ccccc5)c4)nc(-c4cccc(-c5cccc6oc7ccccc7c56)c4)n3)cc2)cc1. The topological polar surface area (TPSA) is 51.8 Å². The zero-order valence-corrected chi connectivity index (χ0v) is 26.5. The summed E-state index contributed by atoms with van der Waals surface area (Å²) >= 11 is 0. The molecular formula is C45H29N3O. The van der Waals surface area contributed by atoms with Gasteiger partial charge in [-0.2, -0.15) is 0 Å². The zero-order valence-electron chi connectivity index (χ0n) is 26.5. The van der Waals surface area contributed by atoms with Crippen LogP contribution in [0.2, 0.25) is 0 Å². The maximum atomic E-state index is 6.20. The molecule has 4 heteroatoms. The van der Waals surface area contributed by atoms with Gasteiger partial charge in [-0.15, -0.1) is 0 Å². The third-order valence-electron chi connectivity index (χ3n) is 8.95. The van der Waals surface area contributed by atoms with Crippen molar-refractivity contribution in [2.24, 2.45) is 0 Å². The normalized spacial score (nSPS) is 11.3. The number of furan rings is 1. The second-order valence-corrected chi connectivity index (χ2v) is 12.1. The molecule has 0 N–H and O–H groups in total. The van der Waals surface area contributed by atoms with Gasteiger partial charge in [-0.1, -0.05) is 152 Å². The Labute approximate surface area is 284 Å². The fourth-order valence-electron chi connectivity index (χ4n) is 6.52. The van der Waals surface area contributed by atoms with Crippen LogP contribution in [0.15, 0.2) is 180 Å². The number of fused-ring (bicyclic) bond motifs is 3. The van der Waals surface area contributed by atoms with E-state index >= 15 is 0 Å². The second-order valence-electron chi connectivity index (χ2n) is 12.1. The van der Waals surface area contributed by atoms with E-state index < -0.39 is 0 Å². The lowest BCUT2D eigenvalue weighted by atomic mass is 9.97. The molecule has 9 rings (SSSR count). The van der Waals surface area contributed by atoms with Crippen molar-refractivity contribution >= 4 is 21.9 Å². The van der Waals surface area contributed by atoms with E-state index in [1.165, 1.54) is 5.56 Å². The number of aromatic nitrogens is 3. The third kappa shape index (κ3) is 5.45. The molecule has 4 nitrogen and oxygen atoms in total. The first-order chi connectivity index (χ1) is 24.3. The predicted molar refractivity (Wildman–Crippen MR) is 200 cm³/mol. The molecule has 49 heavy (non-hydrogen) atoms. The molecule has 0 atom stereocenters. The van der Waals surface area contributed by atoms with Gasteiger partial charge in [-0.25, -0.2) is 15.0 Å². The van der Waals surface area contributed by atoms with E-state index in [2.05, 4.69) is 140 Å². The van der Waals surface area contributed by atoms with Crippen molar-refractivity contribution in [3.05, 3.63) is 176 Å². The summed E-state index contributed by atoms with van der Waals surface area (Å²) < 4.78 is 6.20. The van der Waals surface area contributed by atoms with Crippen LogP contribution in [0.3, 0.4) is 0 Å². The van der Waals surface area contributed by atoms with Gasteiger partial charge in [0.15, 0.2) is 17.5 Å². The van der Waals surface area contributed by atoms with Crippen LogP contribution in [0.1, 0.15) is 0 Å². The molecule has 0 unspecified atom stereocenters. The van der Waals surface area contributed by atoms with Crippen LogP contribution in [0, 0.1) is 0 Å². The van der Waals surface area contributed by atoms with Gasteiger partial charge in [0.05, 0.1) is 0 Å². The van der Waals surface area contributed by atoms with E-state index in [0.717, 1.165) is 66.4 Å². The van der Waals surface area contributed by atoms with E-state index in [9.17, 15) is 0 Å². The van der Waals surface area contributed by atoms with E-state index in [1.54, 1.807) is 0 Å². The Balaban J connectivity index is 1.19. The van der Waals surface area contributed by atoms with Gasteiger partial charge in [0.1, 0.15) is 11.2 Å². The molecule has 9 aromatic rings. The first-order valence-corrected chi connectivity index (χ1v) is 16.4. The Morgan fingerprint density at radius 2 is 0.755 bits per heavy atom. The summed E-state index contributed by atoms with van der Waals surface area (Å²) in [5, 5.41) is 2.20. The highest BCUT2D eigenvalue weighted by molar-refractivity contribution is 6.12. The van der Waals surface area contributed by atoms with Crippen molar-refractivity contribution in [1.29, 1.82) is 0 Å². The molecule has 0 aliphatic carbocycles. The number of benzene rings is 7. The van der Waals surface area contributed by atoms with Gasteiger partial charge in [0.2, 0.25) is 0 Å². The summed E-state index contributed by atoms with van der Waals surface area (Å²) in [5.74, 6) is 1.86. The van der Waals surface area contributed by atoms with Crippen LogP contribution in [0.4, 0.5) is 0 Å². The highest BCUT2D eigenvalue weighted by Gasteiger charge is 2.16. The van der Waals surface area contributed by atoms with Gasteiger partial charge >= 0.3 is 0 Å². The minimum atomic E-state index is 0.614. The minimum absolute atomic E-state index is 0.614. The first-order valence-electron chi connectivity index (χ1n) is 16.4. The van der Waals surface area contributed by atoms with Crippen molar-refractivity contribution in [2.75, 3.05) is 0 Å². The largest absolute Gasteiger partial charge is 0.456 e. The summed E-state index contributed by atoms with van der Waals surface area (Å²) in [6.45, 7) is 0. The third-order valence-corrected chi connectivity index (χ3v) is 8.95. The van der Waals surface area contributed by atoms with Crippen molar-refractivity contribution in [3.8, 4) is 67.5 Å². The highest BCUT2D eigenvalue weighted by atomic mass is 16.3. The summed E-state index contributed by atoms with van der Waals surface area (Å²) in [6, 6.07) is 60.4. The van der Waals surface area contributed by atoms with Gasteiger partial charge in [0.25, 0.3) is 0 Å². The second kappa shape index (κ2) is 12.2. The predicted octanol–water partition coefficient (Wildman–Crippen LogP) is 11.8. The summed E-state index contributed by atoms with van der Waals surface area (Å²) in [7, 11) is 0. The maximum Gasteiger partial charge on any atom is 0.164 e. The number of hydrogen-bond acceptors (Lipinski definition) is 4. The van der Waals surface area contributed by atoms with E-state index in [0.29, 0.717) is 17.5 Å². The minimum Gasteiger partial charge on any atom is -0.456 e. The van der Waals surface area contributed by atoms with E-state index in [4.69, 9.17) is 19.4 Å². The lowest BCUT2D eigenvalue weighted by Crippen LogP contribution is -2.00. The summed E-state index contributed by atoms with van der Waals surface area (Å²) in [6.07, 6.45) is 0. The molecular weight excluding hydrogens is 599 g/mol. The zero-order chi connectivity index (χ0) is 32.6. The highest BCUT2D eigenvalue weighted by Crippen LogP contribution is 2.38. The number of nitrogens with zero attached hydrogens (tertiary/aromatic N) is 3. The maximum absolute atomic E-state index is 6.20. The Bertz CT molecular complexity index is 2590. The molecule has 0 spiro atoms. The van der Waals surface area contributed by atoms with Crippen LogP contribution in [0.25, 0.3) is 89.5 Å². The number of para-hydroxylation sites is 1. The van der Waals surface area contributed by atoms with E-state index in [1.807, 2.05) is 36.4 Å². The molecule has 0 radical (unpaired) electrons. The Morgan fingerprint density at radius 3 is 1.45 bits per heavy atom. The van der Waals surface area contributed by atoms with Crippen LogP contribution in [-0.4, -0.2) is 15.0 Å². The molecule has 2 aromatic heterocycles. The number of rotatable bonds is 6. The van der Waals surface area contributed by atoms with Gasteiger partial charge in [-0.3, -0.25) is 0 Å². The monoisotopic (exact) mass is 627 g/mol. The summed E-state index contributed by atoms with van der Waals surface area (Å²) in [5.41, 5.74) is 11.2. The van der Waals surface area contributed by atoms with Crippen molar-refractivity contribution in [3.63, 3.8) is 0 Å². The molecule has 0 saturated carbocycles. The van der Waals surface area contributed by atoms with Crippen molar-refractivity contribution < 1.29 is 4.42 Å². The molecule has 0 saturated heterocycles. The van der Waals surface area contributed by atoms with Crippen LogP contribution < -0.4 is 0 Å². The molecule has 0 aliphatic heterocycles. The Morgan fingerprint density at radius 1 is 0.306 bits per heavy atom. The molecule has 7 aromatic carbocycles. The molecule has 230 valence electrons. The van der Waals surface area contributed by atoms with Gasteiger partial charge < -0.3 is 4.42 Å². The average Bonchev–Trinajstić information content (AvgIpc) is 3.58. The van der Waals surface area contributed by atoms with Gasteiger partial charge in [0, 0.05) is 27.5 Å². The fourth-order valence-corrected chi connectivity index (χ4v) is 6.52. The molecule has 2 heterocycles. The number of hydrogen-bond donors (Lipinski definition) is 0. The van der Waals surface area contributed by atoms with Crippen molar-refractivity contribution in [2.45, 2.75) is 0 Å². The average molecular weight is 628 g/mol. The molecule has 0 bridgehead atoms. The van der Waals surface area contributed by atoms with Gasteiger partial charge in [-0.05, 0) is 57.6 Å². The molecule has 0 aliphatic rings. The molecule has 0 fully saturated rings. The van der Waals surface area contributed by atoms with Crippen LogP contribution in [-0.2, 0) is 0 Å². The van der Waals surface area contributed by atoms with Crippen molar-refractivity contribution in [1.82, 2.24) is 15.0 Å². The Kier molecular flexibility index (Phi) is 7.10. The van der Waals surface area contributed by atoms with E-state index in [-0.39, 0.29) is 0 Å². The lowest BCUT2D eigenvalue weighted by Gasteiger charge is -2.11. The Hall–Kier alpha value is -6.65. The lowest BCUT2D eigenvalue weighted by molar-refractivity contribution is 0.669. The quantitative estimate of drug-likeness (QED) is 0.184. The summed E-state index contributed by atoms with van der Waals surface area (Å²) in [4.78, 5) is 15.2. The smallest absolute Gasteiger partial charge is 0.164 e. The van der Waals surface area contributed by atoms with Crippen LogP contribution in [0.5, 0.6) is 0 Å². The standard InChI is InChI=1S/C45H29N3O/c1-3-12-30(13-4-1)32-24-26-33(27-25-32)43-46-44(36-18-9-16-34(28-36)31-14-5-2-6-15-31)48-45(47-43)37-19-10-17-35(29-37)38-21-11-23-41-42(38)39-20-7-8-22-40(39)49-41/h1-29H. The van der Waals surface area contributed by atoms with Crippen LogP contribution >= 0.6 is 0 Å². The fraction of sp³-hybridized carbons (Fsp3) is 0.